The van der Waals surface area contributed by atoms with Gasteiger partial charge in [0.25, 0.3) is 0 Å². The predicted octanol–water partition coefficient (Wildman–Crippen LogP) is 4.75. The first-order valence-corrected chi connectivity index (χ1v) is 11.8. The quantitative estimate of drug-likeness (QED) is 0.605. The predicted molar refractivity (Wildman–Crippen MR) is 117 cm³/mol. The van der Waals surface area contributed by atoms with E-state index >= 15 is 0 Å². The summed E-state index contributed by atoms with van der Waals surface area (Å²) in [7, 11) is -2.67. The van der Waals surface area contributed by atoms with Crippen LogP contribution in [0.4, 0.5) is 0 Å². The Morgan fingerprint density at radius 2 is 1.32 bits per heavy atom. The van der Waals surface area contributed by atoms with Gasteiger partial charge in [0.1, 0.15) is 5.75 Å². The maximum Gasteiger partial charge on any atom is 0.319 e. The molecule has 2 nitrogen and oxygen atoms in total. The van der Waals surface area contributed by atoms with Gasteiger partial charge in [-0.05, 0) is 27.9 Å². The molecule has 142 valence electrons. The average molecular weight is 387 g/mol. The van der Waals surface area contributed by atoms with Gasteiger partial charge >= 0.3 is 8.32 Å². The summed E-state index contributed by atoms with van der Waals surface area (Å²) >= 11 is 0. The van der Waals surface area contributed by atoms with Crippen LogP contribution in [0.3, 0.4) is 0 Å². The van der Waals surface area contributed by atoms with Crippen LogP contribution in [0.5, 0.6) is 5.75 Å². The standard InChI is InChI=1S/C25H26O2Si/c1-25(2,3)28(19-11-6-4-7-12-19,20-13-8-5-9-14-20)27-24-16-10-15-21-22(24)17-18-23(21)26/h4-16H,17-18H2,1-3H3. The Balaban J connectivity index is 1.96. The summed E-state index contributed by atoms with van der Waals surface area (Å²) in [6.45, 7) is 6.81. The second-order valence-corrected chi connectivity index (χ2v) is 12.7. The summed E-state index contributed by atoms with van der Waals surface area (Å²) in [4.78, 5) is 12.3. The van der Waals surface area contributed by atoms with Crippen molar-refractivity contribution < 1.29 is 9.22 Å². The third-order valence-electron chi connectivity index (χ3n) is 5.72. The summed E-state index contributed by atoms with van der Waals surface area (Å²) in [6.07, 6.45) is 1.35. The molecule has 0 aliphatic heterocycles. The monoisotopic (exact) mass is 386 g/mol. The van der Waals surface area contributed by atoms with Gasteiger partial charge in [0.05, 0.1) is 0 Å². The van der Waals surface area contributed by atoms with Crippen molar-refractivity contribution in [3.8, 4) is 5.75 Å². The summed E-state index contributed by atoms with van der Waals surface area (Å²) in [6, 6.07) is 27.2. The summed E-state index contributed by atoms with van der Waals surface area (Å²) in [5.74, 6) is 1.10. The fourth-order valence-electron chi connectivity index (χ4n) is 4.37. The molecule has 28 heavy (non-hydrogen) atoms. The van der Waals surface area contributed by atoms with Crippen LogP contribution in [0.1, 0.15) is 43.1 Å². The minimum absolute atomic E-state index is 0.0962. The van der Waals surface area contributed by atoms with E-state index in [0.717, 1.165) is 23.3 Å². The van der Waals surface area contributed by atoms with E-state index in [0.29, 0.717) is 6.42 Å². The Morgan fingerprint density at radius 3 is 1.86 bits per heavy atom. The van der Waals surface area contributed by atoms with E-state index in [1.807, 2.05) is 18.2 Å². The summed E-state index contributed by atoms with van der Waals surface area (Å²) < 4.78 is 7.12. The highest BCUT2D eigenvalue weighted by atomic mass is 28.4. The average Bonchev–Trinajstić information content (AvgIpc) is 3.08. The molecule has 3 heteroatoms. The summed E-state index contributed by atoms with van der Waals surface area (Å²) in [5.41, 5.74) is 1.90. The van der Waals surface area contributed by atoms with E-state index in [4.69, 9.17) is 4.43 Å². The molecule has 3 aromatic carbocycles. The SMILES string of the molecule is CC(C)(C)[Si](Oc1cccc2c1CCC2=O)(c1ccccc1)c1ccccc1. The molecular weight excluding hydrogens is 360 g/mol. The van der Waals surface area contributed by atoms with E-state index in [9.17, 15) is 4.79 Å². The maximum atomic E-state index is 12.3. The van der Waals surface area contributed by atoms with Crippen LogP contribution >= 0.6 is 0 Å². The van der Waals surface area contributed by atoms with Crippen molar-refractivity contribution >= 4 is 24.5 Å². The van der Waals surface area contributed by atoms with Crippen molar-refractivity contribution in [3.63, 3.8) is 0 Å². The van der Waals surface area contributed by atoms with Crippen molar-refractivity contribution in [2.75, 3.05) is 0 Å². The number of benzene rings is 3. The molecule has 1 aliphatic rings. The molecule has 0 saturated carbocycles. The van der Waals surface area contributed by atoms with Crippen LogP contribution in [-0.4, -0.2) is 14.1 Å². The highest BCUT2D eigenvalue weighted by Crippen LogP contribution is 2.40. The minimum atomic E-state index is -2.67. The molecule has 0 amide bonds. The van der Waals surface area contributed by atoms with Gasteiger partial charge in [0.2, 0.25) is 0 Å². The van der Waals surface area contributed by atoms with Gasteiger partial charge < -0.3 is 4.43 Å². The Kier molecular flexibility index (Phi) is 4.72. The molecule has 1 aliphatic carbocycles. The molecule has 3 aromatic rings. The molecule has 0 bridgehead atoms. The first-order chi connectivity index (χ1) is 13.4. The van der Waals surface area contributed by atoms with Gasteiger partial charge in [-0.15, -0.1) is 0 Å². The molecule has 4 rings (SSSR count). The zero-order valence-corrected chi connectivity index (χ0v) is 17.7. The van der Waals surface area contributed by atoms with E-state index in [1.54, 1.807) is 0 Å². The topological polar surface area (TPSA) is 26.3 Å². The Hall–Kier alpha value is -2.65. The normalized spacial score (nSPS) is 14.0. The number of carbonyl (C=O) groups is 1. The fraction of sp³-hybridized carbons (Fsp3) is 0.240. The van der Waals surface area contributed by atoms with Gasteiger partial charge in [0, 0.05) is 17.5 Å². The lowest BCUT2D eigenvalue weighted by Gasteiger charge is -2.43. The third-order valence-corrected chi connectivity index (χ3v) is 10.6. The number of fused-ring (bicyclic) bond motifs is 1. The van der Waals surface area contributed by atoms with E-state index in [-0.39, 0.29) is 10.8 Å². The lowest BCUT2D eigenvalue weighted by Crippen LogP contribution is -2.68. The molecule has 0 unspecified atom stereocenters. The van der Waals surface area contributed by atoms with Gasteiger partial charge in [-0.1, -0.05) is 93.6 Å². The summed E-state index contributed by atoms with van der Waals surface area (Å²) in [5, 5.41) is 2.40. The zero-order valence-electron chi connectivity index (χ0n) is 16.7. The number of carbonyl (C=O) groups excluding carboxylic acids is 1. The lowest BCUT2D eigenvalue weighted by molar-refractivity contribution is 0.0994. The number of hydrogen-bond donors (Lipinski definition) is 0. The van der Waals surface area contributed by atoms with Crippen molar-refractivity contribution in [2.45, 2.75) is 38.7 Å². The first kappa shape index (κ1) is 18.7. The van der Waals surface area contributed by atoms with Crippen molar-refractivity contribution in [1.82, 2.24) is 0 Å². The van der Waals surface area contributed by atoms with Crippen molar-refractivity contribution in [1.29, 1.82) is 0 Å². The first-order valence-electron chi connectivity index (χ1n) is 9.88. The molecule has 0 N–H and O–H groups in total. The molecule has 0 saturated heterocycles. The third kappa shape index (κ3) is 3.00. The van der Waals surface area contributed by atoms with E-state index < -0.39 is 8.32 Å². The van der Waals surface area contributed by atoms with Crippen LogP contribution in [0, 0.1) is 0 Å². The van der Waals surface area contributed by atoms with E-state index in [1.165, 1.54) is 10.4 Å². The molecule has 0 atom stereocenters. The molecule has 0 spiro atoms. The van der Waals surface area contributed by atoms with Crippen molar-refractivity contribution in [2.24, 2.45) is 0 Å². The molecule has 0 heterocycles. The van der Waals surface area contributed by atoms with Crippen molar-refractivity contribution in [3.05, 3.63) is 90.0 Å². The molecule has 0 aromatic heterocycles. The number of rotatable bonds is 4. The Morgan fingerprint density at radius 1 is 0.750 bits per heavy atom. The highest BCUT2D eigenvalue weighted by Gasteiger charge is 2.52. The number of ketones is 1. The number of hydrogen-bond acceptors (Lipinski definition) is 2. The van der Waals surface area contributed by atoms with Gasteiger partial charge in [-0.2, -0.15) is 0 Å². The van der Waals surface area contributed by atoms with Gasteiger partial charge in [-0.25, -0.2) is 0 Å². The number of Topliss-reactive ketones (excluding diaryl/α,β-unsaturated/α-hetero) is 1. The van der Waals surface area contributed by atoms with Crippen LogP contribution in [0.15, 0.2) is 78.9 Å². The largest absolute Gasteiger partial charge is 0.534 e. The van der Waals surface area contributed by atoms with Crippen LogP contribution in [-0.2, 0) is 6.42 Å². The minimum Gasteiger partial charge on any atom is -0.534 e. The van der Waals surface area contributed by atoms with Crippen LogP contribution in [0.25, 0.3) is 0 Å². The second-order valence-electron chi connectivity index (χ2n) is 8.47. The highest BCUT2D eigenvalue weighted by molar-refractivity contribution is 7.00. The van der Waals surface area contributed by atoms with Crippen LogP contribution in [0.2, 0.25) is 5.04 Å². The van der Waals surface area contributed by atoms with Crippen LogP contribution < -0.4 is 14.8 Å². The maximum absolute atomic E-state index is 12.3. The molecule has 0 fully saturated rings. The molecule has 0 radical (unpaired) electrons. The smallest absolute Gasteiger partial charge is 0.319 e. The Bertz CT molecular complexity index is 949. The molecular formula is C25H26O2Si. The Labute approximate surface area is 168 Å². The van der Waals surface area contributed by atoms with Gasteiger partial charge in [-0.3, -0.25) is 4.79 Å². The van der Waals surface area contributed by atoms with E-state index in [2.05, 4.69) is 81.4 Å². The lowest BCUT2D eigenvalue weighted by atomic mass is 10.1. The second kappa shape index (κ2) is 7.06. The zero-order chi connectivity index (χ0) is 19.8. The fourth-order valence-corrected chi connectivity index (χ4v) is 8.82. The van der Waals surface area contributed by atoms with Gasteiger partial charge in [0.15, 0.2) is 5.78 Å².